The molecule has 0 radical (unpaired) electrons. The van der Waals surface area contributed by atoms with Gasteiger partial charge in [0.1, 0.15) is 11.5 Å². The molecule has 6 heteroatoms. The van der Waals surface area contributed by atoms with E-state index in [9.17, 15) is 9.18 Å². The lowest BCUT2D eigenvalue weighted by molar-refractivity contribution is 0.102. The molecule has 0 aliphatic heterocycles. The van der Waals surface area contributed by atoms with Crippen LogP contribution in [0.25, 0.3) is 11.3 Å². The lowest BCUT2D eigenvalue weighted by Crippen LogP contribution is -2.12. The Balaban J connectivity index is 1.95. The first kappa shape index (κ1) is 15.2. The number of hydrogen-bond acceptors (Lipinski definition) is 2. The van der Waals surface area contributed by atoms with Crippen molar-refractivity contribution >= 4 is 23.2 Å². The van der Waals surface area contributed by atoms with Crippen molar-refractivity contribution in [2.24, 2.45) is 0 Å². The number of benzene rings is 2. The van der Waals surface area contributed by atoms with Gasteiger partial charge in [0.05, 0.1) is 16.4 Å². The summed E-state index contributed by atoms with van der Waals surface area (Å²) in [6.45, 7) is 1.80. The molecule has 3 rings (SSSR count). The minimum absolute atomic E-state index is 0.345. The van der Waals surface area contributed by atoms with Gasteiger partial charge in [0.2, 0.25) is 0 Å². The number of halogens is 2. The summed E-state index contributed by atoms with van der Waals surface area (Å²) in [7, 11) is 0. The zero-order chi connectivity index (χ0) is 16.4. The van der Waals surface area contributed by atoms with Gasteiger partial charge < -0.3 is 5.32 Å². The highest BCUT2D eigenvalue weighted by Crippen LogP contribution is 2.33. The number of nitrogens with zero attached hydrogens (tertiary/aromatic N) is 1. The first-order chi connectivity index (χ1) is 11.1. The molecule has 2 N–H and O–H groups in total. The van der Waals surface area contributed by atoms with Crippen molar-refractivity contribution in [2.45, 2.75) is 6.92 Å². The van der Waals surface area contributed by atoms with Crippen molar-refractivity contribution in [2.75, 3.05) is 5.32 Å². The molecule has 0 bridgehead atoms. The van der Waals surface area contributed by atoms with Crippen molar-refractivity contribution in [1.82, 2.24) is 10.2 Å². The number of aryl methyl sites for hydroxylation is 1. The molecule has 0 saturated heterocycles. The Labute approximate surface area is 137 Å². The Hall–Kier alpha value is -2.66. The Morgan fingerprint density at radius 1 is 1.17 bits per heavy atom. The number of nitrogens with one attached hydrogen (secondary N) is 2. The van der Waals surface area contributed by atoms with Crippen LogP contribution in [0.4, 0.5) is 10.1 Å². The molecule has 1 amide bonds. The number of anilines is 1. The Bertz CT molecular complexity index is 859. The highest BCUT2D eigenvalue weighted by molar-refractivity contribution is 6.33. The van der Waals surface area contributed by atoms with E-state index in [0.29, 0.717) is 33.2 Å². The molecule has 23 heavy (non-hydrogen) atoms. The minimum atomic E-state index is -0.391. The zero-order valence-electron chi connectivity index (χ0n) is 12.2. The van der Waals surface area contributed by atoms with Crippen LogP contribution in [-0.4, -0.2) is 16.1 Å². The largest absolute Gasteiger partial charge is 0.319 e. The highest BCUT2D eigenvalue weighted by Gasteiger charge is 2.17. The average Bonchev–Trinajstić information content (AvgIpc) is 2.89. The maximum Gasteiger partial charge on any atom is 0.255 e. The lowest BCUT2D eigenvalue weighted by Gasteiger charge is -2.08. The van der Waals surface area contributed by atoms with Gasteiger partial charge in [-0.15, -0.1) is 0 Å². The fourth-order valence-electron chi connectivity index (χ4n) is 2.22. The van der Waals surface area contributed by atoms with E-state index < -0.39 is 5.82 Å². The van der Waals surface area contributed by atoms with E-state index in [1.54, 1.807) is 13.0 Å². The third-order valence-electron chi connectivity index (χ3n) is 3.42. The Morgan fingerprint density at radius 2 is 1.87 bits per heavy atom. The van der Waals surface area contributed by atoms with Crippen LogP contribution in [-0.2, 0) is 0 Å². The molecular weight excluding hydrogens is 317 g/mol. The molecule has 0 saturated carbocycles. The van der Waals surface area contributed by atoms with Crippen molar-refractivity contribution < 1.29 is 9.18 Å². The summed E-state index contributed by atoms with van der Waals surface area (Å²) >= 11 is 6.20. The van der Waals surface area contributed by atoms with Crippen molar-refractivity contribution in [3.05, 3.63) is 70.6 Å². The predicted octanol–water partition coefficient (Wildman–Crippen LogP) is 4.43. The second-order valence-electron chi connectivity index (χ2n) is 5.01. The van der Waals surface area contributed by atoms with E-state index in [2.05, 4.69) is 15.5 Å². The van der Waals surface area contributed by atoms with E-state index in [1.807, 2.05) is 18.2 Å². The van der Waals surface area contributed by atoms with Crippen LogP contribution >= 0.6 is 11.6 Å². The third kappa shape index (κ3) is 3.10. The summed E-state index contributed by atoms with van der Waals surface area (Å²) in [6, 6.07) is 12.6. The molecule has 1 heterocycles. The van der Waals surface area contributed by atoms with Crippen LogP contribution in [0.3, 0.4) is 0 Å². The number of amides is 1. The van der Waals surface area contributed by atoms with Gasteiger partial charge in [0.25, 0.3) is 5.91 Å². The number of aromatic nitrogens is 2. The first-order valence-corrected chi connectivity index (χ1v) is 7.31. The Morgan fingerprint density at radius 3 is 2.57 bits per heavy atom. The topological polar surface area (TPSA) is 57.8 Å². The molecule has 116 valence electrons. The summed E-state index contributed by atoms with van der Waals surface area (Å²) in [5.41, 5.74) is 2.89. The molecule has 0 atom stereocenters. The second-order valence-corrected chi connectivity index (χ2v) is 5.42. The van der Waals surface area contributed by atoms with E-state index in [0.717, 1.165) is 0 Å². The summed E-state index contributed by atoms with van der Waals surface area (Å²) in [4.78, 5) is 12.3. The van der Waals surface area contributed by atoms with Crippen molar-refractivity contribution in [1.29, 1.82) is 0 Å². The average molecular weight is 330 g/mol. The molecule has 0 aliphatic carbocycles. The van der Waals surface area contributed by atoms with E-state index in [-0.39, 0.29) is 5.91 Å². The van der Waals surface area contributed by atoms with Crippen LogP contribution in [0.15, 0.2) is 48.5 Å². The van der Waals surface area contributed by atoms with E-state index in [4.69, 9.17) is 11.6 Å². The molecule has 0 unspecified atom stereocenters. The fourth-order valence-corrected chi connectivity index (χ4v) is 2.44. The summed E-state index contributed by atoms with van der Waals surface area (Å²) in [6.07, 6.45) is 0. The van der Waals surface area contributed by atoms with Crippen LogP contribution < -0.4 is 5.32 Å². The van der Waals surface area contributed by atoms with Crippen LogP contribution in [0, 0.1) is 12.7 Å². The van der Waals surface area contributed by atoms with Gasteiger partial charge in [-0.2, -0.15) is 5.10 Å². The van der Waals surface area contributed by atoms with Gasteiger partial charge >= 0.3 is 0 Å². The van der Waals surface area contributed by atoms with Crippen LogP contribution in [0.1, 0.15) is 16.1 Å². The van der Waals surface area contributed by atoms with Crippen molar-refractivity contribution in [3.8, 4) is 11.3 Å². The molecular formula is C17H13ClFN3O. The third-order valence-corrected chi connectivity index (χ3v) is 3.75. The number of hydrogen-bond donors (Lipinski definition) is 2. The number of carbonyl (C=O) groups excluding carboxylic acids is 1. The number of H-pyrrole nitrogens is 1. The molecule has 4 nitrogen and oxygen atoms in total. The molecule has 3 aromatic rings. The van der Waals surface area contributed by atoms with E-state index in [1.165, 1.54) is 24.3 Å². The van der Waals surface area contributed by atoms with Crippen molar-refractivity contribution in [3.63, 3.8) is 0 Å². The van der Waals surface area contributed by atoms with Crippen LogP contribution in [0.2, 0.25) is 5.02 Å². The van der Waals surface area contributed by atoms with Gasteiger partial charge in [-0.1, -0.05) is 29.8 Å². The molecule has 0 spiro atoms. The highest BCUT2D eigenvalue weighted by atomic mass is 35.5. The molecule has 1 aromatic heterocycles. The summed E-state index contributed by atoms with van der Waals surface area (Å²) < 4.78 is 13.0. The molecule has 2 aromatic carbocycles. The van der Waals surface area contributed by atoms with Crippen LogP contribution in [0.5, 0.6) is 0 Å². The zero-order valence-corrected chi connectivity index (χ0v) is 13.0. The number of rotatable bonds is 3. The first-order valence-electron chi connectivity index (χ1n) is 6.93. The normalized spacial score (nSPS) is 10.6. The molecule has 0 aliphatic rings. The maximum absolute atomic E-state index is 13.0. The van der Waals surface area contributed by atoms with E-state index >= 15 is 0 Å². The summed E-state index contributed by atoms with van der Waals surface area (Å²) in [5.74, 6) is -0.736. The molecule has 0 fully saturated rings. The van der Waals surface area contributed by atoms with Gasteiger partial charge in [-0.05, 0) is 37.3 Å². The predicted molar refractivity (Wildman–Crippen MR) is 88.1 cm³/mol. The van der Waals surface area contributed by atoms with Gasteiger partial charge in [-0.25, -0.2) is 4.39 Å². The number of carbonyl (C=O) groups is 1. The van der Waals surface area contributed by atoms with Gasteiger partial charge in [-0.3, -0.25) is 9.89 Å². The van der Waals surface area contributed by atoms with Gasteiger partial charge in [0, 0.05) is 11.1 Å². The quantitative estimate of drug-likeness (QED) is 0.746. The fraction of sp³-hybridized carbons (Fsp3) is 0.0588. The SMILES string of the molecule is Cc1[nH]nc(-c2ccccc2Cl)c1NC(=O)c1ccc(F)cc1. The summed E-state index contributed by atoms with van der Waals surface area (Å²) in [5, 5.41) is 10.4. The number of aromatic amines is 1. The lowest BCUT2D eigenvalue weighted by atomic mass is 10.1. The smallest absolute Gasteiger partial charge is 0.255 e. The van der Waals surface area contributed by atoms with Gasteiger partial charge in [0.15, 0.2) is 0 Å². The monoisotopic (exact) mass is 329 g/mol. The maximum atomic E-state index is 13.0. The second kappa shape index (κ2) is 6.22. The standard InChI is InChI=1S/C17H13ClFN3O/c1-10-15(20-17(23)11-6-8-12(19)9-7-11)16(22-21-10)13-4-2-3-5-14(13)18/h2-9H,1H3,(H,20,23)(H,21,22). The Kier molecular flexibility index (Phi) is 4.12. The minimum Gasteiger partial charge on any atom is -0.319 e.